The highest BCUT2D eigenvalue weighted by atomic mass is 32.2. The van der Waals surface area contributed by atoms with E-state index in [2.05, 4.69) is 5.32 Å². The van der Waals surface area contributed by atoms with Gasteiger partial charge in [0.2, 0.25) is 5.91 Å². The van der Waals surface area contributed by atoms with E-state index in [4.69, 9.17) is 0 Å². The number of hydrogen-bond acceptors (Lipinski definition) is 3. The lowest BCUT2D eigenvalue weighted by Crippen LogP contribution is -2.48. The lowest BCUT2D eigenvalue weighted by atomic mass is 9.96. The summed E-state index contributed by atoms with van der Waals surface area (Å²) >= 11 is 1.74. The average molecular weight is 313 g/mol. The Labute approximate surface area is 131 Å². The SMILES string of the molecule is CSC[C@@H](C)NC(=O)C1CCN(C(=O)N2CCCC2)CC1. The second-order valence-electron chi connectivity index (χ2n) is 6.10. The van der Waals surface area contributed by atoms with Gasteiger partial charge >= 0.3 is 6.03 Å². The van der Waals surface area contributed by atoms with Gasteiger partial charge in [-0.2, -0.15) is 11.8 Å². The standard InChI is InChI=1S/C15H27N3O2S/c1-12(11-21-2)16-14(19)13-5-9-18(10-6-13)15(20)17-7-3-4-8-17/h12-13H,3-11H2,1-2H3,(H,16,19)/t12-/m1/s1. The van der Waals surface area contributed by atoms with Crippen LogP contribution in [0.1, 0.15) is 32.6 Å². The van der Waals surface area contributed by atoms with Crippen LogP contribution in [0.2, 0.25) is 0 Å². The minimum absolute atomic E-state index is 0.0666. The number of nitrogens with one attached hydrogen (secondary N) is 1. The van der Waals surface area contributed by atoms with E-state index in [0.29, 0.717) is 13.1 Å². The van der Waals surface area contributed by atoms with Crippen molar-refractivity contribution in [1.29, 1.82) is 0 Å². The van der Waals surface area contributed by atoms with Gasteiger partial charge in [0.15, 0.2) is 0 Å². The molecule has 2 fully saturated rings. The van der Waals surface area contributed by atoms with Crippen LogP contribution in [0.5, 0.6) is 0 Å². The molecule has 0 aliphatic carbocycles. The van der Waals surface area contributed by atoms with E-state index in [1.54, 1.807) is 11.8 Å². The predicted molar refractivity (Wildman–Crippen MR) is 86.5 cm³/mol. The Morgan fingerprint density at radius 1 is 1.14 bits per heavy atom. The minimum Gasteiger partial charge on any atom is -0.353 e. The summed E-state index contributed by atoms with van der Waals surface area (Å²) in [7, 11) is 0. The smallest absolute Gasteiger partial charge is 0.319 e. The number of urea groups is 1. The maximum atomic E-state index is 12.3. The molecule has 2 rings (SSSR count). The summed E-state index contributed by atoms with van der Waals surface area (Å²) in [4.78, 5) is 28.3. The summed E-state index contributed by atoms with van der Waals surface area (Å²) in [6, 6.07) is 0.388. The van der Waals surface area contributed by atoms with Gasteiger partial charge in [-0.05, 0) is 38.9 Å². The van der Waals surface area contributed by atoms with Gasteiger partial charge in [-0.15, -0.1) is 0 Å². The molecule has 0 unspecified atom stereocenters. The van der Waals surface area contributed by atoms with Crippen molar-refractivity contribution in [3.8, 4) is 0 Å². The van der Waals surface area contributed by atoms with Crippen molar-refractivity contribution >= 4 is 23.7 Å². The Morgan fingerprint density at radius 3 is 2.29 bits per heavy atom. The normalized spacial score (nSPS) is 21.4. The summed E-state index contributed by atoms with van der Waals surface area (Å²) in [5.41, 5.74) is 0. The molecule has 0 spiro atoms. The van der Waals surface area contributed by atoms with Crippen LogP contribution in [0.3, 0.4) is 0 Å². The number of nitrogens with zero attached hydrogens (tertiary/aromatic N) is 2. The maximum absolute atomic E-state index is 12.3. The van der Waals surface area contributed by atoms with Gasteiger partial charge in [0, 0.05) is 43.9 Å². The first-order chi connectivity index (χ1) is 10.1. The van der Waals surface area contributed by atoms with Crippen molar-refractivity contribution in [3.05, 3.63) is 0 Å². The summed E-state index contributed by atoms with van der Waals surface area (Å²) in [5, 5.41) is 3.08. The molecule has 0 aromatic rings. The van der Waals surface area contributed by atoms with Crippen LogP contribution in [0.4, 0.5) is 4.79 Å². The molecule has 0 aromatic heterocycles. The predicted octanol–water partition coefficient (Wildman–Crippen LogP) is 1.78. The fourth-order valence-electron chi connectivity index (χ4n) is 3.09. The molecule has 21 heavy (non-hydrogen) atoms. The van der Waals surface area contributed by atoms with Crippen molar-refractivity contribution in [3.63, 3.8) is 0 Å². The van der Waals surface area contributed by atoms with Crippen LogP contribution in [0.25, 0.3) is 0 Å². The van der Waals surface area contributed by atoms with Crippen LogP contribution < -0.4 is 5.32 Å². The molecular formula is C15H27N3O2S. The third-order valence-corrected chi connectivity index (χ3v) is 5.15. The summed E-state index contributed by atoms with van der Waals surface area (Å²) in [5.74, 6) is 1.17. The molecule has 3 amide bonds. The third-order valence-electron chi connectivity index (χ3n) is 4.32. The molecule has 0 radical (unpaired) electrons. The van der Waals surface area contributed by atoms with Crippen molar-refractivity contribution in [1.82, 2.24) is 15.1 Å². The van der Waals surface area contributed by atoms with Crippen molar-refractivity contribution in [2.45, 2.75) is 38.6 Å². The molecular weight excluding hydrogens is 286 g/mol. The Bertz CT molecular complexity index is 364. The van der Waals surface area contributed by atoms with Gasteiger partial charge in [0.25, 0.3) is 0 Å². The number of carbonyl (C=O) groups excluding carboxylic acids is 2. The highest BCUT2D eigenvalue weighted by Gasteiger charge is 2.30. The first-order valence-electron chi connectivity index (χ1n) is 7.95. The van der Waals surface area contributed by atoms with E-state index in [0.717, 1.165) is 44.5 Å². The highest BCUT2D eigenvalue weighted by molar-refractivity contribution is 7.98. The molecule has 0 aromatic carbocycles. The van der Waals surface area contributed by atoms with Crippen molar-refractivity contribution < 1.29 is 9.59 Å². The number of piperidine rings is 1. The van der Waals surface area contributed by atoms with Gasteiger partial charge in [-0.3, -0.25) is 4.79 Å². The Balaban J connectivity index is 1.74. The zero-order valence-electron chi connectivity index (χ0n) is 13.1. The van der Waals surface area contributed by atoms with Gasteiger partial charge in [0.1, 0.15) is 0 Å². The van der Waals surface area contributed by atoms with Crippen molar-refractivity contribution in [2.75, 3.05) is 38.2 Å². The molecule has 2 aliphatic heterocycles. The van der Waals surface area contributed by atoms with Crippen LogP contribution in [-0.4, -0.2) is 66.0 Å². The molecule has 1 N–H and O–H groups in total. The number of hydrogen-bond donors (Lipinski definition) is 1. The van der Waals surface area contributed by atoms with Crippen molar-refractivity contribution in [2.24, 2.45) is 5.92 Å². The number of amides is 3. The number of likely N-dealkylation sites (tertiary alicyclic amines) is 2. The Hall–Kier alpha value is -0.910. The van der Waals surface area contributed by atoms with E-state index < -0.39 is 0 Å². The van der Waals surface area contributed by atoms with E-state index in [9.17, 15) is 9.59 Å². The summed E-state index contributed by atoms with van der Waals surface area (Å²) in [6.45, 7) is 5.26. The lowest BCUT2D eigenvalue weighted by molar-refractivity contribution is -0.126. The number of rotatable bonds is 4. The topological polar surface area (TPSA) is 52.7 Å². The van der Waals surface area contributed by atoms with Gasteiger partial charge in [-0.25, -0.2) is 4.79 Å². The fourth-order valence-corrected chi connectivity index (χ4v) is 3.68. The zero-order chi connectivity index (χ0) is 15.2. The van der Waals surface area contributed by atoms with Crippen LogP contribution in [0, 0.1) is 5.92 Å². The molecule has 6 heteroatoms. The molecule has 2 heterocycles. The Kier molecular flexibility index (Phi) is 6.21. The summed E-state index contributed by atoms with van der Waals surface area (Å²) in [6.07, 6.45) is 5.87. The quantitative estimate of drug-likeness (QED) is 0.861. The lowest BCUT2D eigenvalue weighted by Gasteiger charge is -2.34. The van der Waals surface area contributed by atoms with Crippen LogP contribution in [-0.2, 0) is 4.79 Å². The maximum Gasteiger partial charge on any atom is 0.319 e. The molecule has 2 saturated heterocycles. The van der Waals surface area contributed by atoms with E-state index in [-0.39, 0.29) is 23.9 Å². The minimum atomic E-state index is 0.0666. The third kappa shape index (κ3) is 4.53. The molecule has 0 bridgehead atoms. The molecule has 2 aliphatic rings. The molecule has 1 atom stereocenters. The second kappa shape index (κ2) is 7.92. The van der Waals surface area contributed by atoms with Gasteiger partial charge < -0.3 is 15.1 Å². The van der Waals surface area contributed by atoms with Crippen LogP contribution >= 0.6 is 11.8 Å². The fraction of sp³-hybridized carbons (Fsp3) is 0.867. The van der Waals surface area contributed by atoms with Gasteiger partial charge in [-0.1, -0.05) is 0 Å². The average Bonchev–Trinajstić information content (AvgIpc) is 3.01. The number of carbonyl (C=O) groups is 2. The highest BCUT2D eigenvalue weighted by Crippen LogP contribution is 2.20. The Morgan fingerprint density at radius 2 is 1.71 bits per heavy atom. The first-order valence-corrected chi connectivity index (χ1v) is 9.34. The zero-order valence-corrected chi connectivity index (χ0v) is 14.0. The first kappa shape index (κ1) is 16.5. The van der Waals surface area contributed by atoms with E-state index in [1.165, 1.54) is 0 Å². The van der Waals surface area contributed by atoms with E-state index in [1.807, 2.05) is 23.0 Å². The second-order valence-corrected chi connectivity index (χ2v) is 7.01. The molecule has 0 saturated carbocycles. The van der Waals surface area contributed by atoms with Gasteiger partial charge in [0.05, 0.1) is 0 Å². The summed E-state index contributed by atoms with van der Waals surface area (Å²) < 4.78 is 0. The molecule has 120 valence electrons. The molecule has 5 nitrogen and oxygen atoms in total. The number of thioether (sulfide) groups is 1. The largest absolute Gasteiger partial charge is 0.353 e. The van der Waals surface area contributed by atoms with E-state index >= 15 is 0 Å². The van der Waals surface area contributed by atoms with Crippen LogP contribution in [0.15, 0.2) is 0 Å². The monoisotopic (exact) mass is 313 g/mol.